The Labute approximate surface area is 90.6 Å². The van der Waals surface area contributed by atoms with Gasteiger partial charge in [-0.25, -0.2) is 0 Å². The third-order valence-corrected chi connectivity index (χ3v) is 2.56. The van der Waals surface area contributed by atoms with Gasteiger partial charge in [-0.05, 0) is 19.1 Å². The molecule has 0 saturated carbocycles. The van der Waals surface area contributed by atoms with Gasteiger partial charge in [-0.2, -0.15) is 5.26 Å². The zero-order chi connectivity index (χ0) is 10.3. The number of aryl methyl sites for hydroxylation is 1. The normalized spacial score (nSPS) is 10.4. The fourth-order valence-electron chi connectivity index (χ4n) is 1.35. The van der Waals surface area contributed by atoms with Crippen molar-refractivity contribution < 1.29 is 4.42 Å². The van der Waals surface area contributed by atoms with E-state index in [0.29, 0.717) is 15.6 Å². The summed E-state index contributed by atoms with van der Waals surface area (Å²) in [5.41, 5.74) is 1.29. The number of benzene rings is 1. The zero-order valence-corrected chi connectivity index (χ0v) is 8.78. The number of fused-ring (bicyclic) bond motifs is 1. The molecule has 1 aromatic carbocycles. The molecular formula is C10H5Cl2NO. The van der Waals surface area contributed by atoms with Crippen molar-refractivity contribution in [2.45, 2.75) is 6.92 Å². The van der Waals surface area contributed by atoms with Crippen molar-refractivity contribution in [2.75, 3.05) is 0 Å². The summed E-state index contributed by atoms with van der Waals surface area (Å²) in [6.45, 7) is 1.80. The van der Waals surface area contributed by atoms with Crippen LogP contribution in [0, 0.1) is 18.3 Å². The van der Waals surface area contributed by atoms with Gasteiger partial charge in [-0.3, -0.25) is 0 Å². The molecule has 0 aliphatic rings. The van der Waals surface area contributed by atoms with Crippen LogP contribution in [0.15, 0.2) is 16.5 Å². The van der Waals surface area contributed by atoms with Gasteiger partial charge >= 0.3 is 0 Å². The number of hydrogen-bond acceptors (Lipinski definition) is 2. The van der Waals surface area contributed by atoms with Gasteiger partial charge in [0, 0.05) is 16.0 Å². The van der Waals surface area contributed by atoms with Crippen molar-refractivity contribution in [3.8, 4) is 6.07 Å². The Hall–Kier alpha value is -1.17. The predicted molar refractivity (Wildman–Crippen MR) is 55.7 cm³/mol. The quantitative estimate of drug-likeness (QED) is 0.682. The summed E-state index contributed by atoms with van der Waals surface area (Å²) in [5, 5.41) is 10.5. The SMILES string of the molecule is Cc1c(C#N)oc2c(Cl)cc(Cl)cc12. The van der Waals surface area contributed by atoms with E-state index in [2.05, 4.69) is 0 Å². The van der Waals surface area contributed by atoms with E-state index in [9.17, 15) is 0 Å². The molecule has 0 aliphatic heterocycles. The third-order valence-electron chi connectivity index (χ3n) is 2.06. The number of halogens is 2. The molecule has 0 amide bonds. The van der Waals surface area contributed by atoms with Gasteiger partial charge in [-0.15, -0.1) is 0 Å². The average Bonchev–Trinajstić information content (AvgIpc) is 2.44. The molecule has 0 spiro atoms. The molecule has 4 heteroatoms. The van der Waals surface area contributed by atoms with Gasteiger partial charge in [0.1, 0.15) is 6.07 Å². The summed E-state index contributed by atoms with van der Waals surface area (Å²) in [6, 6.07) is 5.29. The van der Waals surface area contributed by atoms with Gasteiger partial charge in [-0.1, -0.05) is 23.2 Å². The van der Waals surface area contributed by atoms with Crippen molar-refractivity contribution in [3.05, 3.63) is 33.5 Å². The summed E-state index contributed by atoms with van der Waals surface area (Å²) in [5.74, 6) is 0.282. The lowest BCUT2D eigenvalue weighted by atomic mass is 10.1. The van der Waals surface area contributed by atoms with Crippen LogP contribution in [-0.4, -0.2) is 0 Å². The molecule has 0 atom stereocenters. The van der Waals surface area contributed by atoms with Crippen molar-refractivity contribution in [2.24, 2.45) is 0 Å². The standard InChI is InChI=1S/C10H5Cl2NO/c1-5-7-2-6(11)3-8(12)10(7)14-9(5)4-13/h2-3H,1H3. The van der Waals surface area contributed by atoms with E-state index in [1.807, 2.05) is 6.07 Å². The number of nitrogens with zero attached hydrogens (tertiary/aromatic N) is 1. The van der Waals surface area contributed by atoms with E-state index in [0.717, 1.165) is 10.9 Å². The molecule has 0 bridgehead atoms. The summed E-state index contributed by atoms with van der Waals surface area (Å²) in [6.07, 6.45) is 0. The van der Waals surface area contributed by atoms with Crippen LogP contribution in [0.4, 0.5) is 0 Å². The Morgan fingerprint density at radius 2 is 2.07 bits per heavy atom. The molecule has 2 aromatic rings. The second-order valence-electron chi connectivity index (χ2n) is 2.93. The van der Waals surface area contributed by atoms with E-state index in [-0.39, 0.29) is 5.76 Å². The van der Waals surface area contributed by atoms with Crippen molar-refractivity contribution in [1.29, 1.82) is 5.26 Å². The summed E-state index contributed by atoms with van der Waals surface area (Å²) < 4.78 is 5.28. The lowest BCUT2D eigenvalue weighted by molar-refractivity contribution is 0.596. The molecular weight excluding hydrogens is 221 g/mol. The maximum atomic E-state index is 8.76. The first-order valence-electron chi connectivity index (χ1n) is 3.91. The zero-order valence-electron chi connectivity index (χ0n) is 7.27. The maximum Gasteiger partial charge on any atom is 0.207 e. The third kappa shape index (κ3) is 1.26. The minimum absolute atomic E-state index is 0.282. The minimum Gasteiger partial charge on any atom is -0.444 e. The Balaban J connectivity index is 2.94. The van der Waals surface area contributed by atoms with Crippen molar-refractivity contribution >= 4 is 34.2 Å². The topological polar surface area (TPSA) is 36.9 Å². The lowest BCUT2D eigenvalue weighted by Gasteiger charge is -1.93. The first-order valence-corrected chi connectivity index (χ1v) is 4.67. The highest BCUT2D eigenvalue weighted by atomic mass is 35.5. The Kier molecular flexibility index (Phi) is 2.14. The van der Waals surface area contributed by atoms with Crippen LogP contribution in [0.3, 0.4) is 0 Å². The Bertz CT molecular complexity index is 551. The molecule has 0 fully saturated rings. The van der Waals surface area contributed by atoms with Gasteiger partial charge in [0.15, 0.2) is 5.58 Å². The molecule has 0 radical (unpaired) electrons. The van der Waals surface area contributed by atoms with Crippen LogP contribution >= 0.6 is 23.2 Å². The summed E-state index contributed by atoms with van der Waals surface area (Å²) in [4.78, 5) is 0. The van der Waals surface area contributed by atoms with E-state index in [1.54, 1.807) is 19.1 Å². The molecule has 0 unspecified atom stereocenters. The van der Waals surface area contributed by atoms with Crippen LogP contribution < -0.4 is 0 Å². The fourth-order valence-corrected chi connectivity index (χ4v) is 1.88. The van der Waals surface area contributed by atoms with Crippen LogP contribution in [0.5, 0.6) is 0 Å². The number of rotatable bonds is 0. The highest BCUT2D eigenvalue weighted by Crippen LogP contribution is 2.33. The molecule has 14 heavy (non-hydrogen) atoms. The highest BCUT2D eigenvalue weighted by Gasteiger charge is 2.13. The minimum atomic E-state index is 0.282. The monoisotopic (exact) mass is 225 g/mol. The number of hydrogen-bond donors (Lipinski definition) is 0. The Morgan fingerprint density at radius 3 is 2.71 bits per heavy atom. The van der Waals surface area contributed by atoms with E-state index >= 15 is 0 Å². The lowest BCUT2D eigenvalue weighted by Crippen LogP contribution is -1.73. The average molecular weight is 226 g/mol. The molecule has 1 aromatic heterocycles. The number of nitriles is 1. The van der Waals surface area contributed by atoms with Crippen LogP contribution in [0.25, 0.3) is 11.0 Å². The van der Waals surface area contributed by atoms with E-state index < -0.39 is 0 Å². The van der Waals surface area contributed by atoms with Gasteiger partial charge < -0.3 is 4.42 Å². The maximum absolute atomic E-state index is 8.76. The van der Waals surface area contributed by atoms with Gasteiger partial charge in [0.05, 0.1) is 5.02 Å². The van der Waals surface area contributed by atoms with Crippen LogP contribution in [0.1, 0.15) is 11.3 Å². The van der Waals surface area contributed by atoms with Crippen LogP contribution in [0.2, 0.25) is 10.0 Å². The molecule has 0 N–H and O–H groups in total. The second kappa shape index (κ2) is 3.20. The summed E-state index contributed by atoms with van der Waals surface area (Å²) >= 11 is 11.8. The highest BCUT2D eigenvalue weighted by molar-refractivity contribution is 6.38. The molecule has 0 aliphatic carbocycles. The smallest absolute Gasteiger partial charge is 0.207 e. The molecule has 70 valence electrons. The molecule has 2 rings (SSSR count). The first kappa shape index (κ1) is 9.39. The van der Waals surface area contributed by atoms with Crippen molar-refractivity contribution in [1.82, 2.24) is 0 Å². The van der Waals surface area contributed by atoms with Gasteiger partial charge in [0.2, 0.25) is 5.76 Å². The second-order valence-corrected chi connectivity index (χ2v) is 3.78. The molecule has 1 heterocycles. The van der Waals surface area contributed by atoms with Gasteiger partial charge in [0.25, 0.3) is 0 Å². The number of furan rings is 1. The Morgan fingerprint density at radius 1 is 1.36 bits per heavy atom. The fraction of sp³-hybridized carbons (Fsp3) is 0.100. The first-order chi connectivity index (χ1) is 6.63. The van der Waals surface area contributed by atoms with Crippen LogP contribution in [-0.2, 0) is 0 Å². The van der Waals surface area contributed by atoms with E-state index in [4.69, 9.17) is 32.9 Å². The molecule has 2 nitrogen and oxygen atoms in total. The predicted octanol–water partition coefficient (Wildman–Crippen LogP) is 3.92. The molecule has 0 saturated heterocycles. The summed E-state index contributed by atoms with van der Waals surface area (Å²) in [7, 11) is 0. The van der Waals surface area contributed by atoms with E-state index in [1.165, 1.54) is 0 Å². The largest absolute Gasteiger partial charge is 0.444 e. The van der Waals surface area contributed by atoms with Crippen molar-refractivity contribution in [3.63, 3.8) is 0 Å².